The van der Waals surface area contributed by atoms with Crippen molar-refractivity contribution >= 4 is 13.5 Å². The summed E-state index contributed by atoms with van der Waals surface area (Å²) in [6.07, 6.45) is 1.23. The molecule has 1 fully saturated rings. The molecule has 1 atom stereocenters. The average Bonchev–Trinajstić information content (AvgIpc) is 2.65. The summed E-state index contributed by atoms with van der Waals surface area (Å²) >= 11 is 0. The van der Waals surface area contributed by atoms with Crippen LogP contribution in [0.4, 0.5) is 0 Å². The van der Waals surface area contributed by atoms with E-state index in [0.717, 1.165) is 36.8 Å². The highest BCUT2D eigenvalue weighted by Crippen LogP contribution is 2.16. The summed E-state index contributed by atoms with van der Waals surface area (Å²) < 4.78 is 5.77. The lowest BCUT2D eigenvalue weighted by atomic mass is 10.1. The summed E-state index contributed by atoms with van der Waals surface area (Å²) in [6.45, 7) is 7.02. The van der Waals surface area contributed by atoms with Crippen LogP contribution in [0, 0.1) is 19.8 Å². The number of aryl methyl sites for hydroxylation is 2. The molecule has 1 aliphatic rings. The molecule has 90 valence electrons. The topological polar surface area (TPSA) is 34.1 Å². The second-order valence-corrected chi connectivity index (χ2v) is 4.26. The molecule has 4 heteroatoms. The number of pyridine rings is 1. The standard InChI is InChI=1S/C12H18N2O.H2S/c1-9-5-12(6-10(2)14-9)15-8-11-3-4-13-7-11;/h5-6,11,13H,3-4,7-8H2,1-2H3;1H2/t11-;/m0./s1. The van der Waals surface area contributed by atoms with Gasteiger partial charge in [-0.2, -0.15) is 13.5 Å². The molecule has 1 aliphatic heterocycles. The van der Waals surface area contributed by atoms with Crippen LogP contribution in [0.2, 0.25) is 0 Å². The van der Waals surface area contributed by atoms with E-state index in [1.54, 1.807) is 0 Å². The van der Waals surface area contributed by atoms with E-state index >= 15 is 0 Å². The van der Waals surface area contributed by atoms with Crippen LogP contribution in [0.15, 0.2) is 12.1 Å². The number of nitrogens with one attached hydrogen (secondary N) is 1. The third-order valence-corrected chi connectivity index (χ3v) is 2.70. The van der Waals surface area contributed by atoms with Gasteiger partial charge in [0.15, 0.2) is 0 Å². The predicted octanol–water partition coefficient (Wildman–Crippen LogP) is 1.80. The molecule has 1 saturated heterocycles. The van der Waals surface area contributed by atoms with Crippen molar-refractivity contribution in [1.82, 2.24) is 10.3 Å². The molecular formula is C12H20N2OS. The van der Waals surface area contributed by atoms with Crippen molar-refractivity contribution in [3.05, 3.63) is 23.5 Å². The van der Waals surface area contributed by atoms with Gasteiger partial charge < -0.3 is 10.1 Å². The van der Waals surface area contributed by atoms with Crippen molar-refractivity contribution in [2.75, 3.05) is 19.7 Å². The summed E-state index contributed by atoms with van der Waals surface area (Å²) in [5.41, 5.74) is 2.05. The number of hydrogen-bond donors (Lipinski definition) is 1. The number of hydrogen-bond acceptors (Lipinski definition) is 3. The Balaban J connectivity index is 0.00000128. The maximum atomic E-state index is 5.77. The quantitative estimate of drug-likeness (QED) is 0.875. The van der Waals surface area contributed by atoms with Crippen LogP contribution in [0.1, 0.15) is 17.8 Å². The molecule has 0 amide bonds. The Morgan fingerprint density at radius 3 is 2.62 bits per heavy atom. The first-order valence-corrected chi connectivity index (χ1v) is 5.53. The summed E-state index contributed by atoms with van der Waals surface area (Å²) in [5, 5.41) is 3.34. The van der Waals surface area contributed by atoms with Crippen molar-refractivity contribution in [3.63, 3.8) is 0 Å². The summed E-state index contributed by atoms with van der Waals surface area (Å²) in [5.74, 6) is 1.62. The monoisotopic (exact) mass is 240 g/mol. The van der Waals surface area contributed by atoms with E-state index < -0.39 is 0 Å². The van der Waals surface area contributed by atoms with E-state index in [0.29, 0.717) is 5.92 Å². The fourth-order valence-corrected chi connectivity index (χ4v) is 1.95. The molecule has 16 heavy (non-hydrogen) atoms. The van der Waals surface area contributed by atoms with Gasteiger partial charge in [-0.05, 0) is 26.8 Å². The average molecular weight is 240 g/mol. The first-order chi connectivity index (χ1) is 7.24. The van der Waals surface area contributed by atoms with Crippen molar-refractivity contribution in [3.8, 4) is 5.75 Å². The predicted molar refractivity (Wildman–Crippen MR) is 70.6 cm³/mol. The van der Waals surface area contributed by atoms with Gasteiger partial charge in [-0.15, -0.1) is 0 Å². The Hall–Kier alpha value is -0.740. The second kappa shape index (κ2) is 6.11. The molecule has 0 aromatic carbocycles. The van der Waals surface area contributed by atoms with Crippen LogP contribution in [0.5, 0.6) is 5.75 Å². The van der Waals surface area contributed by atoms with E-state index in [4.69, 9.17) is 4.74 Å². The highest BCUT2D eigenvalue weighted by atomic mass is 32.1. The number of ether oxygens (including phenoxy) is 1. The van der Waals surface area contributed by atoms with Crippen molar-refractivity contribution in [2.45, 2.75) is 20.3 Å². The molecule has 0 radical (unpaired) electrons. The highest BCUT2D eigenvalue weighted by Gasteiger charge is 2.14. The van der Waals surface area contributed by atoms with Crippen LogP contribution in [-0.4, -0.2) is 24.7 Å². The van der Waals surface area contributed by atoms with Gasteiger partial charge in [0.05, 0.1) is 6.61 Å². The van der Waals surface area contributed by atoms with Crippen LogP contribution in [0.3, 0.4) is 0 Å². The number of aromatic nitrogens is 1. The van der Waals surface area contributed by atoms with Gasteiger partial charge in [0.25, 0.3) is 0 Å². The molecule has 0 spiro atoms. The Kier molecular flexibility index (Phi) is 5.09. The molecule has 3 nitrogen and oxygen atoms in total. The Morgan fingerprint density at radius 1 is 1.38 bits per heavy atom. The molecule has 0 unspecified atom stereocenters. The van der Waals surface area contributed by atoms with Crippen molar-refractivity contribution < 1.29 is 4.74 Å². The minimum atomic E-state index is 0. The smallest absolute Gasteiger partial charge is 0.122 e. The van der Waals surface area contributed by atoms with E-state index in [2.05, 4.69) is 10.3 Å². The lowest BCUT2D eigenvalue weighted by Crippen LogP contribution is -2.15. The Labute approximate surface area is 104 Å². The van der Waals surface area contributed by atoms with Crippen LogP contribution >= 0.6 is 13.5 Å². The van der Waals surface area contributed by atoms with Crippen molar-refractivity contribution in [2.24, 2.45) is 5.92 Å². The van der Waals surface area contributed by atoms with Crippen molar-refractivity contribution in [1.29, 1.82) is 0 Å². The number of rotatable bonds is 3. The minimum absolute atomic E-state index is 0. The maximum absolute atomic E-state index is 5.77. The van der Waals surface area contributed by atoms with Crippen LogP contribution in [0.25, 0.3) is 0 Å². The number of nitrogens with zero attached hydrogens (tertiary/aromatic N) is 1. The third kappa shape index (κ3) is 3.68. The SMILES string of the molecule is Cc1cc(OC[C@H]2CCNC2)cc(C)n1.S. The van der Waals surface area contributed by atoms with Gasteiger partial charge in [0, 0.05) is 36.0 Å². The lowest BCUT2D eigenvalue weighted by molar-refractivity contribution is 0.259. The first-order valence-electron chi connectivity index (χ1n) is 5.53. The summed E-state index contributed by atoms with van der Waals surface area (Å²) in [7, 11) is 0. The van der Waals surface area contributed by atoms with Crippen LogP contribution < -0.4 is 10.1 Å². The minimum Gasteiger partial charge on any atom is -0.493 e. The van der Waals surface area contributed by atoms with E-state index in [-0.39, 0.29) is 13.5 Å². The summed E-state index contributed by atoms with van der Waals surface area (Å²) in [6, 6.07) is 3.99. The fraction of sp³-hybridized carbons (Fsp3) is 0.583. The third-order valence-electron chi connectivity index (χ3n) is 2.70. The van der Waals surface area contributed by atoms with Crippen LogP contribution in [-0.2, 0) is 0 Å². The van der Waals surface area contributed by atoms with E-state index in [1.807, 2.05) is 26.0 Å². The van der Waals surface area contributed by atoms with Gasteiger partial charge in [-0.25, -0.2) is 0 Å². The van der Waals surface area contributed by atoms with Gasteiger partial charge in [0.2, 0.25) is 0 Å². The second-order valence-electron chi connectivity index (χ2n) is 4.26. The normalized spacial score (nSPS) is 19.2. The molecule has 2 heterocycles. The summed E-state index contributed by atoms with van der Waals surface area (Å²) in [4.78, 5) is 4.32. The zero-order valence-electron chi connectivity index (χ0n) is 9.92. The lowest BCUT2D eigenvalue weighted by Gasteiger charge is -2.11. The Bertz CT molecular complexity index is 318. The zero-order valence-corrected chi connectivity index (χ0v) is 10.9. The van der Waals surface area contributed by atoms with E-state index in [1.165, 1.54) is 6.42 Å². The zero-order chi connectivity index (χ0) is 10.7. The van der Waals surface area contributed by atoms with Gasteiger partial charge in [-0.1, -0.05) is 0 Å². The molecular weight excluding hydrogens is 220 g/mol. The maximum Gasteiger partial charge on any atom is 0.122 e. The van der Waals surface area contributed by atoms with Gasteiger partial charge in [-0.3, -0.25) is 4.98 Å². The molecule has 2 rings (SSSR count). The molecule has 0 aliphatic carbocycles. The molecule has 1 aromatic heterocycles. The van der Waals surface area contributed by atoms with Gasteiger partial charge in [0.1, 0.15) is 5.75 Å². The molecule has 0 saturated carbocycles. The first kappa shape index (κ1) is 13.3. The molecule has 1 N–H and O–H groups in total. The fourth-order valence-electron chi connectivity index (χ4n) is 1.95. The Morgan fingerprint density at radius 2 is 2.06 bits per heavy atom. The highest BCUT2D eigenvalue weighted by molar-refractivity contribution is 7.59. The molecule has 0 bridgehead atoms. The largest absolute Gasteiger partial charge is 0.493 e. The van der Waals surface area contributed by atoms with E-state index in [9.17, 15) is 0 Å². The van der Waals surface area contributed by atoms with Gasteiger partial charge >= 0.3 is 0 Å². The molecule has 1 aromatic rings.